The van der Waals surface area contributed by atoms with Crippen molar-refractivity contribution < 1.29 is 0 Å². The molecule has 0 spiro atoms. The minimum absolute atomic E-state index is 0.421. The Hall–Kier alpha value is -0.530. The molecule has 0 unspecified atom stereocenters. The van der Waals surface area contributed by atoms with Crippen molar-refractivity contribution >= 4 is 11.6 Å². The Bertz CT molecular complexity index is 223. The molecule has 1 atom stereocenters. The van der Waals surface area contributed by atoms with Gasteiger partial charge < -0.3 is 5.32 Å². The monoisotopic (exact) mass is 197 g/mol. The van der Waals surface area contributed by atoms with Crippen LogP contribution in [0.25, 0.3) is 0 Å². The predicted molar refractivity (Wildman–Crippen MR) is 58.2 cm³/mol. The molecular formula is C11H16ClN. The van der Waals surface area contributed by atoms with Crippen LogP contribution in [0.5, 0.6) is 0 Å². The van der Waals surface area contributed by atoms with E-state index in [-0.39, 0.29) is 0 Å². The van der Waals surface area contributed by atoms with Crippen LogP contribution in [0.15, 0.2) is 30.3 Å². The lowest BCUT2D eigenvalue weighted by molar-refractivity contribution is 0.572. The second kappa shape index (κ2) is 6.01. The van der Waals surface area contributed by atoms with Gasteiger partial charge in [-0.1, -0.05) is 30.3 Å². The maximum absolute atomic E-state index is 5.59. The molecule has 0 saturated heterocycles. The average molecular weight is 198 g/mol. The maximum Gasteiger partial charge on any atom is 0.0291 e. The Morgan fingerprint density at radius 3 is 2.62 bits per heavy atom. The van der Waals surface area contributed by atoms with Crippen molar-refractivity contribution in [3.05, 3.63) is 35.9 Å². The minimum Gasteiger partial charge on any atom is -0.310 e. The lowest BCUT2D eigenvalue weighted by Crippen LogP contribution is -2.19. The van der Waals surface area contributed by atoms with E-state index in [1.165, 1.54) is 5.56 Å². The van der Waals surface area contributed by atoms with Gasteiger partial charge in [0.2, 0.25) is 0 Å². The molecular weight excluding hydrogens is 182 g/mol. The van der Waals surface area contributed by atoms with Crippen LogP contribution in [0.3, 0.4) is 0 Å². The molecule has 0 radical (unpaired) electrons. The summed E-state index contributed by atoms with van der Waals surface area (Å²) in [5, 5.41) is 3.42. The van der Waals surface area contributed by atoms with Crippen LogP contribution < -0.4 is 5.32 Å². The maximum atomic E-state index is 5.59. The first-order valence-corrected chi connectivity index (χ1v) is 5.22. The molecule has 1 nitrogen and oxygen atoms in total. The number of rotatable bonds is 5. The summed E-state index contributed by atoms with van der Waals surface area (Å²) in [4.78, 5) is 0. The molecule has 1 aromatic rings. The van der Waals surface area contributed by atoms with Gasteiger partial charge in [0.1, 0.15) is 0 Å². The first-order chi connectivity index (χ1) is 6.34. The van der Waals surface area contributed by atoms with E-state index in [1.54, 1.807) is 0 Å². The number of nitrogens with one attached hydrogen (secondary N) is 1. The molecule has 0 saturated carbocycles. The van der Waals surface area contributed by atoms with Crippen LogP contribution in [0.2, 0.25) is 0 Å². The van der Waals surface area contributed by atoms with Crippen molar-refractivity contribution in [2.24, 2.45) is 0 Å². The number of halogens is 1. The number of alkyl halides is 1. The molecule has 0 fully saturated rings. The highest BCUT2D eigenvalue weighted by atomic mass is 35.5. The Labute approximate surface area is 85.1 Å². The van der Waals surface area contributed by atoms with E-state index in [4.69, 9.17) is 11.6 Å². The van der Waals surface area contributed by atoms with Crippen molar-refractivity contribution in [1.29, 1.82) is 0 Å². The Morgan fingerprint density at radius 1 is 1.31 bits per heavy atom. The van der Waals surface area contributed by atoms with Crippen molar-refractivity contribution in [2.75, 3.05) is 12.4 Å². The van der Waals surface area contributed by atoms with E-state index in [1.807, 2.05) is 6.07 Å². The highest BCUT2D eigenvalue weighted by Gasteiger charge is 2.01. The SMILES string of the molecule is C[C@H](NCCCCl)c1ccccc1. The van der Waals surface area contributed by atoms with Crippen LogP contribution in [0.4, 0.5) is 0 Å². The molecule has 13 heavy (non-hydrogen) atoms. The molecule has 2 heteroatoms. The third kappa shape index (κ3) is 3.79. The van der Waals surface area contributed by atoms with Crippen LogP contribution in [-0.4, -0.2) is 12.4 Å². The summed E-state index contributed by atoms with van der Waals surface area (Å²) < 4.78 is 0. The van der Waals surface area contributed by atoms with E-state index in [0.717, 1.165) is 18.8 Å². The van der Waals surface area contributed by atoms with Gasteiger partial charge in [-0.2, -0.15) is 0 Å². The highest BCUT2D eigenvalue weighted by molar-refractivity contribution is 6.17. The lowest BCUT2D eigenvalue weighted by atomic mass is 10.1. The zero-order valence-corrected chi connectivity index (χ0v) is 8.72. The summed E-state index contributed by atoms with van der Waals surface area (Å²) in [5.41, 5.74) is 1.33. The summed E-state index contributed by atoms with van der Waals surface area (Å²) >= 11 is 5.59. The first-order valence-electron chi connectivity index (χ1n) is 4.69. The number of hydrogen-bond acceptors (Lipinski definition) is 1. The number of benzene rings is 1. The smallest absolute Gasteiger partial charge is 0.0291 e. The molecule has 72 valence electrons. The molecule has 1 rings (SSSR count). The third-order valence-corrected chi connectivity index (χ3v) is 2.33. The summed E-state index contributed by atoms with van der Waals surface area (Å²) in [7, 11) is 0. The van der Waals surface area contributed by atoms with Crippen LogP contribution in [0.1, 0.15) is 24.9 Å². The summed E-state index contributed by atoms with van der Waals surface area (Å²) in [6, 6.07) is 10.9. The van der Waals surface area contributed by atoms with E-state index >= 15 is 0 Å². The third-order valence-electron chi connectivity index (χ3n) is 2.06. The van der Waals surface area contributed by atoms with E-state index < -0.39 is 0 Å². The fraction of sp³-hybridized carbons (Fsp3) is 0.455. The molecule has 0 heterocycles. The van der Waals surface area contributed by atoms with Crippen molar-refractivity contribution in [2.45, 2.75) is 19.4 Å². The van der Waals surface area contributed by atoms with Gasteiger partial charge in [-0.25, -0.2) is 0 Å². The molecule has 0 amide bonds. The van der Waals surface area contributed by atoms with Crippen molar-refractivity contribution in [3.8, 4) is 0 Å². The fourth-order valence-electron chi connectivity index (χ4n) is 1.24. The van der Waals surface area contributed by atoms with Gasteiger partial charge >= 0.3 is 0 Å². The van der Waals surface area contributed by atoms with Gasteiger partial charge in [0, 0.05) is 11.9 Å². The zero-order valence-electron chi connectivity index (χ0n) is 7.96. The first kappa shape index (κ1) is 10.6. The predicted octanol–water partition coefficient (Wildman–Crippen LogP) is 2.97. The number of hydrogen-bond donors (Lipinski definition) is 1. The van der Waals surface area contributed by atoms with Gasteiger partial charge in [0.05, 0.1) is 0 Å². The fourth-order valence-corrected chi connectivity index (χ4v) is 1.38. The Morgan fingerprint density at radius 2 is 2.00 bits per heavy atom. The Kier molecular flexibility index (Phi) is 4.87. The average Bonchev–Trinajstić information content (AvgIpc) is 2.19. The van der Waals surface area contributed by atoms with Gasteiger partial charge in [0.15, 0.2) is 0 Å². The molecule has 1 N–H and O–H groups in total. The molecule has 1 aromatic carbocycles. The Balaban J connectivity index is 2.35. The molecule has 0 aliphatic carbocycles. The summed E-state index contributed by atoms with van der Waals surface area (Å²) in [6.45, 7) is 3.16. The molecule has 0 aliphatic rings. The summed E-state index contributed by atoms with van der Waals surface area (Å²) in [5.74, 6) is 0.731. The second-order valence-corrected chi connectivity index (χ2v) is 3.51. The van der Waals surface area contributed by atoms with Gasteiger partial charge in [-0.3, -0.25) is 0 Å². The molecule has 0 aromatic heterocycles. The van der Waals surface area contributed by atoms with Gasteiger partial charge in [-0.05, 0) is 25.5 Å². The second-order valence-electron chi connectivity index (χ2n) is 3.13. The largest absolute Gasteiger partial charge is 0.310 e. The summed E-state index contributed by atoms with van der Waals surface area (Å²) in [6.07, 6.45) is 1.03. The van der Waals surface area contributed by atoms with Gasteiger partial charge in [0.25, 0.3) is 0 Å². The molecule has 0 aliphatic heterocycles. The van der Waals surface area contributed by atoms with Crippen LogP contribution in [-0.2, 0) is 0 Å². The van der Waals surface area contributed by atoms with Crippen LogP contribution >= 0.6 is 11.6 Å². The van der Waals surface area contributed by atoms with E-state index in [9.17, 15) is 0 Å². The topological polar surface area (TPSA) is 12.0 Å². The zero-order chi connectivity index (χ0) is 9.52. The highest BCUT2D eigenvalue weighted by Crippen LogP contribution is 2.10. The quantitative estimate of drug-likeness (QED) is 0.566. The minimum atomic E-state index is 0.421. The molecule has 0 bridgehead atoms. The van der Waals surface area contributed by atoms with E-state index in [2.05, 4.69) is 36.5 Å². The van der Waals surface area contributed by atoms with Crippen molar-refractivity contribution in [1.82, 2.24) is 5.32 Å². The van der Waals surface area contributed by atoms with Crippen LogP contribution in [0, 0.1) is 0 Å². The lowest BCUT2D eigenvalue weighted by Gasteiger charge is -2.13. The normalized spacial score (nSPS) is 12.8. The van der Waals surface area contributed by atoms with Gasteiger partial charge in [-0.15, -0.1) is 11.6 Å². The van der Waals surface area contributed by atoms with Crippen molar-refractivity contribution in [3.63, 3.8) is 0 Å². The van der Waals surface area contributed by atoms with E-state index in [0.29, 0.717) is 6.04 Å². The standard InChI is InChI=1S/C11H16ClN/c1-10(13-9-5-8-12)11-6-3-2-4-7-11/h2-4,6-7,10,13H,5,8-9H2,1H3/t10-/m0/s1.